The van der Waals surface area contributed by atoms with Crippen LogP contribution in [0.2, 0.25) is 0 Å². The second kappa shape index (κ2) is 12.5. The van der Waals surface area contributed by atoms with Gasteiger partial charge >= 0.3 is 0 Å². The summed E-state index contributed by atoms with van der Waals surface area (Å²) in [6.07, 6.45) is -1.28. The molecular weight excluding hydrogens is 490 g/mol. The smallest absolute Gasteiger partial charge is 0.222 e. The van der Waals surface area contributed by atoms with E-state index in [0.717, 1.165) is 36.3 Å². The highest BCUT2D eigenvalue weighted by atomic mass is 32.2. The van der Waals surface area contributed by atoms with Crippen molar-refractivity contribution in [2.45, 2.75) is 52.1 Å². The molecule has 0 bridgehead atoms. The number of aliphatic hydroxyl groups is 2. The molecule has 1 aliphatic rings. The molecule has 1 aromatic heterocycles. The lowest BCUT2D eigenvalue weighted by atomic mass is 10.0. The second-order valence-electron chi connectivity index (χ2n) is 9.00. The van der Waals surface area contributed by atoms with Crippen LogP contribution in [0.1, 0.15) is 39.4 Å². The third-order valence-corrected chi connectivity index (χ3v) is 7.04. The highest BCUT2D eigenvalue weighted by Crippen LogP contribution is 2.31. The van der Waals surface area contributed by atoms with Gasteiger partial charge in [0.2, 0.25) is 5.76 Å². The topological polar surface area (TPSA) is 111 Å². The number of nitrogens with zero attached hydrogens (tertiary/aromatic N) is 2. The zero-order valence-electron chi connectivity index (χ0n) is 21.3. The molecule has 0 aliphatic carbocycles. The molecule has 37 heavy (non-hydrogen) atoms. The summed E-state index contributed by atoms with van der Waals surface area (Å²) in [6, 6.07) is 18.5. The SMILES string of the molecule is CCN(CC)c1ccc2cc(-c3ccc(/C(C)=C(\C#N)OSNCC4CC(O)CC(O)O4)o3)ccc2c1. The average Bonchev–Trinajstić information content (AvgIpc) is 3.39. The molecule has 1 aliphatic heterocycles. The minimum absolute atomic E-state index is 0.116. The van der Waals surface area contributed by atoms with Crippen molar-refractivity contribution in [2.24, 2.45) is 0 Å². The van der Waals surface area contributed by atoms with E-state index in [2.05, 4.69) is 59.9 Å². The van der Waals surface area contributed by atoms with Gasteiger partial charge in [0.15, 0.2) is 6.29 Å². The fourth-order valence-corrected chi connectivity index (χ4v) is 5.00. The number of aliphatic hydroxyl groups excluding tert-OH is 2. The Labute approximate surface area is 221 Å². The van der Waals surface area contributed by atoms with Crippen LogP contribution in [0.5, 0.6) is 0 Å². The Bertz CT molecular complexity index is 1270. The van der Waals surface area contributed by atoms with Gasteiger partial charge in [-0.1, -0.05) is 18.2 Å². The molecule has 196 valence electrons. The molecule has 1 saturated heterocycles. The summed E-state index contributed by atoms with van der Waals surface area (Å²) >= 11 is 0.897. The van der Waals surface area contributed by atoms with E-state index in [1.54, 1.807) is 6.92 Å². The van der Waals surface area contributed by atoms with Crippen LogP contribution in [0, 0.1) is 11.3 Å². The van der Waals surface area contributed by atoms with E-state index in [9.17, 15) is 15.5 Å². The minimum Gasteiger partial charge on any atom is -0.456 e. The number of ether oxygens (including phenoxy) is 1. The van der Waals surface area contributed by atoms with Gasteiger partial charge in [-0.05, 0) is 61.9 Å². The Kier molecular flexibility index (Phi) is 9.14. The number of furan rings is 1. The van der Waals surface area contributed by atoms with E-state index >= 15 is 0 Å². The molecule has 3 N–H and O–H groups in total. The highest BCUT2D eigenvalue weighted by molar-refractivity contribution is 7.92. The number of nitriles is 1. The van der Waals surface area contributed by atoms with Crippen molar-refractivity contribution >= 4 is 34.3 Å². The van der Waals surface area contributed by atoms with E-state index in [-0.39, 0.29) is 18.3 Å². The molecule has 0 amide bonds. The maximum absolute atomic E-state index is 9.75. The van der Waals surface area contributed by atoms with Gasteiger partial charge in [0.05, 0.1) is 12.2 Å². The van der Waals surface area contributed by atoms with Gasteiger partial charge in [-0.25, -0.2) is 4.72 Å². The van der Waals surface area contributed by atoms with E-state index < -0.39 is 12.4 Å². The van der Waals surface area contributed by atoms with Crippen molar-refractivity contribution in [3.8, 4) is 17.4 Å². The molecule has 0 radical (unpaired) electrons. The third-order valence-electron chi connectivity index (χ3n) is 6.51. The molecule has 3 aromatic rings. The van der Waals surface area contributed by atoms with Crippen LogP contribution < -0.4 is 9.62 Å². The lowest BCUT2D eigenvalue weighted by Crippen LogP contribution is -2.39. The quantitative estimate of drug-likeness (QED) is 0.108. The van der Waals surface area contributed by atoms with Crippen molar-refractivity contribution in [2.75, 3.05) is 24.5 Å². The number of fused-ring (bicyclic) bond motifs is 1. The summed E-state index contributed by atoms with van der Waals surface area (Å²) in [7, 11) is 0. The molecule has 1 fully saturated rings. The lowest BCUT2D eigenvalue weighted by molar-refractivity contribution is -0.186. The minimum atomic E-state index is -0.973. The van der Waals surface area contributed by atoms with Gasteiger partial charge < -0.3 is 28.5 Å². The summed E-state index contributed by atoms with van der Waals surface area (Å²) in [5, 5.41) is 31.3. The van der Waals surface area contributed by atoms with Crippen molar-refractivity contribution < 1.29 is 23.6 Å². The zero-order chi connectivity index (χ0) is 26.4. The first-order chi connectivity index (χ1) is 17.9. The average molecular weight is 524 g/mol. The van der Waals surface area contributed by atoms with E-state index in [4.69, 9.17) is 13.3 Å². The standard InChI is InChI=1S/C28H33N3O5S/c1-4-31(5-2)22-9-8-19-12-21(7-6-20(19)13-22)26-11-10-25(35-26)18(3)27(16-29)36-37-30-17-24-14-23(32)15-28(33)34-24/h6-13,23-24,28,30,32-33H,4-5,14-15,17H2,1-3H3/b27-18+. The van der Waals surface area contributed by atoms with Crippen molar-refractivity contribution in [1.29, 1.82) is 5.26 Å². The van der Waals surface area contributed by atoms with Crippen molar-refractivity contribution in [1.82, 2.24) is 4.72 Å². The molecule has 0 spiro atoms. The molecular formula is C28H33N3O5S. The predicted octanol–water partition coefficient (Wildman–Crippen LogP) is 5.23. The van der Waals surface area contributed by atoms with Crippen LogP contribution in [0.4, 0.5) is 5.69 Å². The maximum atomic E-state index is 9.75. The highest BCUT2D eigenvalue weighted by Gasteiger charge is 2.26. The molecule has 3 unspecified atom stereocenters. The molecule has 3 atom stereocenters. The van der Waals surface area contributed by atoms with E-state index in [1.165, 1.54) is 11.1 Å². The molecule has 2 heterocycles. The van der Waals surface area contributed by atoms with Crippen LogP contribution in [-0.4, -0.2) is 48.3 Å². The zero-order valence-corrected chi connectivity index (χ0v) is 22.1. The first kappa shape index (κ1) is 27.0. The fourth-order valence-electron chi connectivity index (χ4n) is 4.44. The van der Waals surface area contributed by atoms with Crippen LogP contribution in [-0.2, 0) is 8.92 Å². The van der Waals surface area contributed by atoms with Gasteiger partial charge in [-0.3, -0.25) is 0 Å². The summed E-state index contributed by atoms with van der Waals surface area (Å²) in [6.45, 7) is 8.37. The van der Waals surface area contributed by atoms with Crippen molar-refractivity contribution in [3.63, 3.8) is 0 Å². The Morgan fingerprint density at radius 2 is 1.86 bits per heavy atom. The van der Waals surface area contributed by atoms with Gasteiger partial charge in [-0.2, -0.15) is 5.26 Å². The Morgan fingerprint density at radius 3 is 2.59 bits per heavy atom. The Balaban J connectivity index is 1.41. The Hall–Kier alpha value is -3.00. The van der Waals surface area contributed by atoms with Crippen molar-refractivity contribution in [3.05, 3.63) is 60.1 Å². The van der Waals surface area contributed by atoms with Gasteiger partial charge in [-0.15, -0.1) is 0 Å². The summed E-state index contributed by atoms with van der Waals surface area (Å²) in [5.74, 6) is 1.37. The summed E-state index contributed by atoms with van der Waals surface area (Å²) in [5.41, 5.74) is 2.74. The molecule has 4 rings (SSSR count). The van der Waals surface area contributed by atoms with Gasteiger partial charge in [0.25, 0.3) is 0 Å². The van der Waals surface area contributed by atoms with Gasteiger partial charge in [0.1, 0.15) is 29.8 Å². The first-order valence-electron chi connectivity index (χ1n) is 12.5. The van der Waals surface area contributed by atoms with E-state index in [1.807, 2.05) is 18.2 Å². The maximum Gasteiger partial charge on any atom is 0.222 e. The normalized spacial score (nSPS) is 20.4. The number of allylic oxidation sites excluding steroid dienone is 2. The largest absolute Gasteiger partial charge is 0.456 e. The van der Waals surface area contributed by atoms with E-state index in [0.29, 0.717) is 30.1 Å². The lowest BCUT2D eigenvalue weighted by Gasteiger charge is -2.30. The molecule has 9 heteroatoms. The third kappa shape index (κ3) is 6.66. The summed E-state index contributed by atoms with van der Waals surface area (Å²) in [4.78, 5) is 2.32. The fraction of sp³-hybridized carbons (Fsp3) is 0.393. The van der Waals surface area contributed by atoms with Crippen LogP contribution in [0.3, 0.4) is 0 Å². The van der Waals surface area contributed by atoms with Gasteiger partial charge in [0, 0.05) is 49.3 Å². The molecule has 8 nitrogen and oxygen atoms in total. The second-order valence-corrected chi connectivity index (χ2v) is 9.62. The number of rotatable bonds is 10. The number of anilines is 1. The molecule has 2 aromatic carbocycles. The first-order valence-corrected chi connectivity index (χ1v) is 13.2. The predicted molar refractivity (Wildman–Crippen MR) is 146 cm³/mol. The van der Waals surface area contributed by atoms with Crippen LogP contribution in [0.15, 0.2) is 58.7 Å². The van der Waals surface area contributed by atoms with Crippen LogP contribution in [0.25, 0.3) is 27.7 Å². The number of hydrogen-bond donors (Lipinski definition) is 3. The monoisotopic (exact) mass is 523 g/mol. The summed E-state index contributed by atoms with van der Waals surface area (Å²) < 4.78 is 20.0. The number of nitrogens with one attached hydrogen (secondary N) is 1. The number of benzene rings is 2. The van der Waals surface area contributed by atoms with Crippen LogP contribution >= 0.6 is 12.2 Å². The number of hydrogen-bond acceptors (Lipinski definition) is 9. The molecule has 0 saturated carbocycles. The Morgan fingerprint density at radius 1 is 1.11 bits per heavy atom.